The van der Waals surface area contributed by atoms with Crippen molar-refractivity contribution in [2.75, 3.05) is 158 Å². The first-order valence-electron chi connectivity index (χ1n) is 43.6. The van der Waals surface area contributed by atoms with Crippen molar-refractivity contribution in [3.05, 3.63) is 0 Å². The van der Waals surface area contributed by atoms with Crippen molar-refractivity contribution in [3.8, 4) is 0 Å². The Morgan fingerprint density at radius 3 is 1.03 bits per heavy atom. The number of amides is 5. The first-order chi connectivity index (χ1) is 62.6. The van der Waals surface area contributed by atoms with Crippen LogP contribution in [0.25, 0.3) is 0 Å². The molecule has 0 aromatic heterocycles. The molecule has 4 aliphatic heterocycles. The van der Waals surface area contributed by atoms with Crippen LogP contribution >= 0.6 is 0 Å². The molecule has 20 atom stereocenters. The number of ketones is 1. The lowest BCUT2D eigenvalue weighted by atomic mass is 9.91. The van der Waals surface area contributed by atoms with Gasteiger partial charge in [-0.3, -0.25) is 47.0 Å². The van der Waals surface area contributed by atoms with Gasteiger partial charge in [-0.2, -0.15) is 33.7 Å². The first kappa shape index (κ1) is 119. The molecule has 5 amide bonds. The maximum absolute atomic E-state index is 12.8. The van der Waals surface area contributed by atoms with Gasteiger partial charge in [-0.25, -0.2) is 26.3 Å². The molecule has 4 fully saturated rings. The minimum Gasteiger partial charge on any atom is -0.479 e. The zero-order chi connectivity index (χ0) is 97.7. The molecule has 0 saturated carbocycles. The van der Waals surface area contributed by atoms with Crippen LogP contribution in [0.1, 0.15) is 156 Å². The Balaban J connectivity index is 0.995. The van der Waals surface area contributed by atoms with E-state index in [1.54, 1.807) is 0 Å². The molecule has 4 aliphatic rings. The Morgan fingerprint density at radius 1 is 0.295 bits per heavy atom. The summed E-state index contributed by atoms with van der Waals surface area (Å²) < 4.78 is 240. The summed E-state index contributed by atoms with van der Waals surface area (Å²) in [5.41, 5.74) is 0. The highest BCUT2D eigenvalue weighted by Crippen LogP contribution is 2.39. The number of rotatable bonds is 76. The van der Waals surface area contributed by atoms with E-state index in [0.717, 1.165) is 78.1 Å². The summed E-state index contributed by atoms with van der Waals surface area (Å²) in [4.78, 5) is 97.6. The molecule has 52 nitrogen and oxygen atoms in total. The summed E-state index contributed by atoms with van der Waals surface area (Å²) in [5, 5.41) is 91.1. The first-order valence-corrected chi connectivity index (χ1v) is 49.1. The molecule has 4 rings (SSSR count). The van der Waals surface area contributed by atoms with E-state index < -0.39 is 189 Å². The van der Waals surface area contributed by atoms with Gasteiger partial charge in [-0.1, -0.05) is 65.2 Å². The topological polar surface area (TPSA) is 740 Å². The molecule has 56 heteroatoms. The highest BCUT2D eigenvalue weighted by Gasteiger charge is 2.59. The maximum Gasteiger partial charge on any atom is 0.397 e. The van der Waals surface area contributed by atoms with Crippen molar-refractivity contribution in [1.82, 2.24) is 26.6 Å². The standard InChI is InChI=1S/C76H135N5O47S4/c1-49(82)21-33-111-39-43-115-45-41-113-37-28-80-54(83)19-12-6-4-8-14-25-77-56(85)22-34-109-30-18-31-110-35-23-57(86)78-26-15-9-5-7-13-20-55(84)81-29-38-114-42-46-116-44-40-112-36-24-58(87)79-27-16-10-11-17-32-117-75-67(127-131(103,104)105)62(91)65(69(125-75)71(93)94)124-74-51(3)60(89)64(53(121-74)48-119-130(100,101)102)122-76-68(128-132(106,107)108)63(92)66(70(126-76)72(95)96)123-73-50(2)59(88)61(90)52(120-73)47-118-129(97,98)99/h50-53,59-70,73-76,88-92H,4-48H2,1-3H3,(H,77,85)(H,78,86)(H,79,87)(H,80,83)(H,81,84)(H,93,94)(H,95,96)(H,97,98,99)(H,100,101,102)(H,103,104,105)(H,106,107,108). The van der Waals surface area contributed by atoms with Crippen molar-refractivity contribution >= 4 is 88.9 Å². The number of ether oxygens (including phenoxy) is 16. The number of unbranched alkanes of at least 4 members (excludes halogenated alkanes) is 11. The van der Waals surface area contributed by atoms with Crippen molar-refractivity contribution in [1.29, 1.82) is 0 Å². The number of aliphatic hydroxyl groups excluding tert-OH is 5. The van der Waals surface area contributed by atoms with Crippen LogP contribution in [0, 0.1) is 11.8 Å². The van der Waals surface area contributed by atoms with Gasteiger partial charge in [0.05, 0.1) is 118 Å². The number of hydrogen-bond acceptors (Lipinski definition) is 41. The van der Waals surface area contributed by atoms with Gasteiger partial charge in [0.2, 0.25) is 29.5 Å². The summed E-state index contributed by atoms with van der Waals surface area (Å²) in [6.07, 6.45) is -29.1. The average Bonchev–Trinajstić information content (AvgIpc) is 0.766. The molecule has 132 heavy (non-hydrogen) atoms. The number of hydrogen-bond donors (Lipinski definition) is 16. The Kier molecular flexibility index (Phi) is 59.0. The van der Waals surface area contributed by atoms with Gasteiger partial charge in [0.1, 0.15) is 54.6 Å². The smallest absolute Gasteiger partial charge is 0.397 e. The van der Waals surface area contributed by atoms with Crippen molar-refractivity contribution in [2.45, 2.75) is 266 Å². The predicted molar refractivity (Wildman–Crippen MR) is 446 cm³/mol. The summed E-state index contributed by atoms with van der Waals surface area (Å²) in [6.45, 7) is 8.08. The van der Waals surface area contributed by atoms with Crippen LogP contribution in [-0.4, -0.2) is 404 Å². The van der Waals surface area contributed by atoms with Crippen LogP contribution < -0.4 is 26.6 Å². The van der Waals surface area contributed by atoms with Crippen LogP contribution in [0.3, 0.4) is 0 Å². The summed E-state index contributed by atoms with van der Waals surface area (Å²) >= 11 is 0. The number of nitrogens with one attached hydrogen (secondary N) is 5. The highest BCUT2D eigenvalue weighted by atomic mass is 32.3. The van der Waals surface area contributed by atoms with E-state index in [4.69, 9.17) is 80.3 Å². The van der Waals surface area contributed by atoms with Gasteiger partial charge in [-0.05, 0) is 51.9 Å². The van der Waals surface area contributed by atoms with Gasteiger partial charge in [-0.15, -0.1) is 0 Å². The van der Waals surface area contributed by atoms with Gasteiger partial charge in [0.15, 0.2) is 49.6 Å². The fourth-order valence-electron chi connectivity index (χ4n) is 13.3. The van der Waals surface area contributed by atoms with Crippen LogP contribution in [0.15, 0.2) is 0 Å². The number of carboxylic acids is 2. The Labute approximate surface area is 766 Å². The van der Waals surface area contributed by atoms with Gasteiger partial charge < -0.3 is 138 Å². The third-order valence-electron chi connectivity index (χ3n) is 20.3. The minimum absolute atomic E-state index is 0.00761. The largest absolute Gasteiger partial charge is 0.479 e. The number of aliphatic carboxylic acids is 2. The van der Waals surface area contributed by atoms with Crippen LogP contribution in [0.4, 0.5) is 0 Å². The highest BCUT2D eigenvalue weighted by molar-refractivity contribution is 7.81. The Bertz CT molecular complexity index is 3800. The molecule has 0 spiro atoms. The van der Waals surface area contributed by atoms with Gasteiger partial charge >= 0.3 is 53.5 Å². The number of carbonyl (C=O) groups is 8. The second kappa shape index (κ2) is 65.5. The van der Waals surface area contributed by atoms with Crippen LogP contribution in [-0.2, 0) is 172 Å². The third kappa shape index (κ3) is 51.9. The SMILES string of the molecule is CC(=O)CCOCCOCCOCCNC(=O)CCCCCCCNC(=O)CCOCCCOCCC(=O)NCCCCCCCC(=O)NCCOCCOCCOCCC(=O)NCCCCCCOC1OC(C(=O)O)C(OC2OC(COS(=O)(=O)O)C(OC3OC(C(=O)O)C(OC4OC(COS(=O)(=O)O)C(O)C(O)C4C)C(O)C3OS(=O)(=O)O)C(O)C2C)C(O)C1OS(=O)(=O)O. The summed E-state index contributed by atoms with van der Waals surface area (Å²) in [6, 6.07) is 0. The predicted octanol–water partition coefficient (Wildman–Crippen LogP) is -3.19. The maximum atomic E-state index is 12.8. The number of Topliss-reactive ketones (excluding diaryl/α,β-unsaturated/α-hetero) is 1. The molecule has 20 unspecified atom stereocenters. The molecule has 4 saturated heterocycles. The second-order valence-corrected chi connectivity index (χ2v) is 35.3. The molecule has 770 valence electrons. The third-order valence-corrected chi connectivity index (χ3v) is 22.1. The molecule has 16 N–H and O–H groups in total. The molecular formula is C76H135N5O47S4. The lowest BCUT2D eigenvalue weighted by Crippen LogP contribution is -2.67. The minimum atomic E-state index is -5.81. The molecule has 0 radical (unpaired) electrons. The lowest BCUT2D eigenvalue weighted by Gasteiger charge is -2.49. The van der Waals surface area contributed by atoms with E-state index in [2.05, 4.69) is 43.3 Å². The van der Waals surface area contributed by atoms with E-state index in [9.17, 15) is 121 Å². The molecule has 0 bridgehead atoms. The van der Waals surface area contributed by atoms with E-state index >= 15 is 0 Å². The van der Waals surface area contributed by atoms with E-state index in [1.165, 1.54) is 6.92 Å². The quantitative estimate of drug-likeness (QED) is 0.0211. The van der Waals surface area contributed by atoms with Crippen molar-refractivity contribution in [3.63, 3.8) is 0 Å². The Hall–Kier alpha value is -5.40. The molecule has 0 aromatic carbocycles. The van der Waals surface area contributed by atoms with Crippen LogP contribution in [0.5, 0.6) is 0 Å². The fourth-order valence-corrected chi connectivity index (χ4v) is 14.9. The molecule has 4 heterocycles. The monoisotopic (exact) mass is 2000 g/mol. The number of carboxylic acid groups (broad SMARTS) is 2. The lowest BCUT2D eigenvalue weighted by molar-refractivity contribution is -0.374. The Morgan fingerprint density at radius 2 is 0.621 bits per heavy atom. The zero-order valence-corrected chi connectivity index (χ0v) is 77.4. The van der Waals surface area contributed by atoms with Crippen LogP contribution in [0.2, 0.25) is 0 Å². The summed E-state index contributed by atoms with van der Waals surface area (Å²) in [5.74, 6) is -7.64. The number of aliphatic hydroxyl groups is 5. The van der Waals surface area contributed by atoms with E-state index in [0.29, 0.717) is 131 Å². The molecule has 0 aliphatic carbocycles. The molecular weight excluding hydrogens is 1860 g/mol. The van der Waals surface area contributed by atoms with E-state index in [1.807, 2.05) is 0 Å². The fraction of sp³-hybridized carbons (Fsp3) is 0.895. The zero-order valence-electron chi connectivity index (χ0n) is 74.1. The van der Waals surface area contributed by atoms with Crippen molar-refractivity contribution < 1.29 is 219 Å². The van der Waals surface area contributed by atoms with Gasteiger partial charge in [0.25, 0.3) is 0 Å². The normalized spacial score (nSPS) is 26.0. The van der Waals surface area contributed by atoms with E-state index in [-0.39, 0.29) is 120 Å². The molecule has 0 aromatic rings. The number of carbonyl (C=O) groups excluding carboxylic acids is 6. The summed E-state index contributed by atoms with van der Waals surface area (Å²) in [7, 11) is -22.1. The second-order valence-electron chi connectivity index (χ2n) is 31.0. The van der Waals surface area contributed by atoms with Gasteiger partial charge in [0, 0.05) is 103 Å². The average molecular weight is 2000 g/mol. The van der Waals surface area contributed by atoms with Crippen molar-refractivity contribution in [2.24, 2.45) is 11.8 Å².